The van der Waals surface area contributed by atoms with Crippen LogP contribution in [0, 0.1) is 0 Å². The van der Waals surface area contributed by atoms with E-state index in [1.807, 2.05) is 7.05 Å². The lowest BCUT2D eigenvalue weighted by molar-refractivity contribution is -0.0528. The van der Waals surface area contributed by atoms with Gasteiger partial charge in [-0.3, -0.25) is 0 Å². The van der Waals surface area contributed by atoms with Crippen LogP contribution in [0.25, 0.3) is 0 Å². The van der Waals surface area contributed by atoms with Crippen LogP contribution in [0.2, 0.25) is 5.02 Å². The van der Waals surface area contributed by atoms with Crippen LogP contribution in [0.1, 0.15) is 10.4 Å². The molecule has 1 unspecified atom stereocenters. The number of carbonyl (C=O) groups is 1. The first-order chi connectivity index (χ1) is 9.06. The standard InChI is InChI=1S/C13H17ClN2O3/c1-16-4-5-18-10(7-16)8-19-13(17)9-2-3-11(14)12(15)6-9/h2-3,6,10H,4-5,7-8,15H2,1H3. The quantitative estimate of drug-likeness (QED) is 0.672. The Balaban J connectivity index is 1.88. The number of ether oxygens (including phenoxy) is 2. The number of morpholine rings is 1. The van der Waals surface area contributed by atoms with Gasteiger partial charge in [-0.2, -0.15) is 0 Å². The monoisotopic (exact) mass is 284 g/mol. The fourth-order valence-electron chi connectivity index (χ4n) is 1.89. The van der Waals surface area contributed by atoms with E-state index in [1.165, 1.54) is 6.07 Å². The normalized spacial score (nSPS) is 20.2. The van der Waals surface area contributed by atoms with Gasteiger partial charge in [0, 0.05) is 13.1 Å². The molecule has 1 aliphatic heterocycles. The van der Waals surface area contributed by atoms with Gasteiger partial charge in [0.25, 0.3) is 0 Å². The maximum absolute atomic E-state index is 11.8. The molecular weight excluding hydrogens is 268 g/mol. The lowest BCUT2D eigenvalue weighted by Gasteiger charge is -2.29. The van der Waals surface area contributed by atoms with Crippen LogP contribution < -0.4 is 5.73 Å². The number of carbonyl (C=O) groups excluding carboxylic acids is 1. The van der Waals surface area contributed by atoms with Gasteiger partial charge in [0.05, 0.1) is 22.9 Å². The summed E-state index contributed by atoms with van der Waals surface area (Å²) in [4.78, 5) is 14.0. The fourth-order valence-corrected chi connectivity index (χ4v) is 2.01. The number of hydrogen-bond donors (Lipinski definition) is 1. The molecule has 5 nitrogen and oxygen atoms in total. The minimum absolute atomic E-state index is 0.0765. The third-order valence-corrected chi connectivity index (χ3v) is 3.32. The second kappa shape index (κ2) is 6.23. The second-order valence-electron chi connectivity index (χ2n) is 4.59. The number of esters is 1. The number of hydrogen-bond acceptors (Lipinski definition) is 5. The molecule has 1 atom stereocenters. The van der Waals surface area contributed by atoms with Crippen molar-refractivity contribution in [2.75, 3.05) is 39.1 Å². The zero-order valence-electron chi connectivity index (χ0n) is 10.8. The van der Waals surface area contributed by atoms with E-state index in [1.54, 1.807) is 12.1 Å². The van der Waals surface area contributed by atoms with Crippen LogP contribution >= 0.6 is 11.6 Å². The number of likely N-dealkylation sites (N-methyl/N-ethyl adjacent to an activating group) is 1. The summed E-state index contributed by atoms with van der Waals surface area (Å²) in [6, 6.07) is 4.69. The van der Waals surface area contributed by atoms with Crippen molar-refractivity contribution in [1.82, 2.24) is 4.90 Å². The first kappa shape index (κ1) is 14.1. The molecule has 0 aromatic heterocycles. The highest BCUT2D eigenvalue weighted by atomic mass is 35.5. The molecule has 0 saturated carbocycles. The van der Waals surface area contributed by atoms with Crippen molar-refractivity contribution < 1.29 is 14.3 Å². The smallest absolute Gasteiger partial charge is 0.338 e. The molecule has 0 amide bonds. The maximum atomic E-state index is 11.8. The summed E-state index contributed by atoms with van der Waals surface area (Å²) in [5.41, 5.74) is 6.40. The zero-order chi connectivity index (χ0) is 13.8. The average molecular weight is 285 g/mol. The number of benzene rings is 1. The van der Waals surface area contributed by atoms with Crippen molar-refractivity contribution in [1.29, 1.82) is 0 Å². The topological polar surface area (TPSA) is 64.8 Å². The summed E-state index contributed by atoms with van der Waals surface area (Å²) in [5.74, 6) is -0.416. The highest BCUT2D eigenvalue weighted by Crippen LogP contribution is 2.20. The molecule has 0 aliphatic carbocycles. The first-order valence-electron chi connectivity index (χ1n) is 6.08. The van der Waals surface area contributed by atoms with Gasteiger partial charge in [-0.05, 0) is 25.2 Å². The van der Waals surface area contributed by atoms with Crippen molar-refractivity contribution in [2.24, 2.45) is 0 Å². The molecule has 19 heavy (non-hydrogen) atoms. The average Bonchev–Trinajstić information content (AvgIpc) is 2.39. The predicted molar refractivity (Wildman–Crippen MR) is 73.4 cm³/mol. The van der Waals surface area contributed by atoms with E-state index in [9.17, 15) is 4.79 Å². The van der Waals surface area contributed by atoms with Gasteiger partial charge < -0.3 is 20.1 Å². The van der Waals surface area contributed by atoms with Gasteiger partial charge in [-0.1, -0.05) is 11.6 Å². The summed E-state index contributed by atoms with van der Waals surface area (Å²) in [5, 5.41) is 0.425. The van der Waals surface area contributed by atoms with Gasteiger partial charge in [-0.15, -0.1) is 0 Å². The van der Waals surface area contributed by atoms with Crippen molar-refractivity contribution in [3.63, 3.8) is 0 Å². The molecule has 2 N–H and O–H groups in total. The van der Waals surface area contributed by atoms with Gasteiger partial charge in [0.15, 0.2) is 0 Å². The van der Waals surface area contributed by atoms with E-state index in [4.69, 9.17) is 26.8 Å². The molecule has 0 spiro atoms. The molecule has 0 bridgehead atoms. The minimum Gasteiger partial charge on any atom is -0.459 e. The molecule has 1 aromatic rings. The minimum atomic E-state index is -0.416. The van der Waals surface area contributed by atoms with Crippen LogP contribution in [0.5, 0.6) is 0 Å². The highest BCUT2D eigenvalue weighted by molar-refractivity contribution is 6.33. The van der Waals surface area contributed by atoms with Crippen molar-refractivity contribution in [3.8, 4) is 0 Å². The molecule has 1 heterocycles. The van der Waals surface area contributed by atoms with Crippen LogP contribution in [0.4, 0.5) is 5.69 Å². The number of nitrogens with zero attached hydrogens (tertiary/aromatic N) is 1. The van der Waals surface area contributed by atoms with Crippen LogP contribution in [0.15, 0.2) is 18.2 Å². The van der Waals surface area contributed by atoms with E-state index in [0.29, 0.717) is 22.9 Å². The van der Waals surface area contributed by atoms with E-state index < -0.39 is 5.97 Å². The van der Waals surface area contributed by atoms with Crippen LogP contribution in [-0.4, -0.2) is 50.3 Å². The molecule has 6 heteroatoms. The van der Waals surface area contributed by atoms with Gasteiger partial charge in [-0.25, -0.2) is 4.79 Å². The Morgan fingerprint density at radius 3 is 3.11 bits per heavy atom. The predicted octanol–water partition coefficient (Wildman–Crippen LogP) is 1.41. The summed E-state index contributed by atoms with van der Waals surface area (Å²) < 4.78 is 10.7. The number of nitrogen functional groups attached to an aromatic ring is 1. The lowest BCUT2D eigenvalue weighted by Crippen LogP contribution is -2.42. The van der Waals surface area contributed by atoms with E-state index >= 15 is 0 Å². The number of halogens is 1. The van der Waals surface area contributed by atoms with Crippen molar-refractivity contribution in [2.45, 2.75) is 6.10 Å². The van der Waals surface area contributed by atoms with Gasteiger partial charge in [0.1, 0.15) is 12.7 Å². The van der Waals surface area contributed by atoms with Gasteiger partial charge >= 0.3 is 5.97 Å². The molecule has 2 rings (SSSR count). The Bertz CT molecular complexity index is 467. The third-order valence-electron chi connectivity index (χ3n) is 2.97. The maximum Gasteiger partial charge on any atom is 0.338 e. The Hall–Kier alpha value is -1.30. The molecule has 1 fully saturated rings. The third kappa shape index (κ3) is 3.83. The number of nitrogens with two attached hydrogens (primary N) is 1. The SMILES string of the molecule is CN1CCOC(COC(=O)c2ccc(Cl)c(N)c2)C1. The molecule has 0 radical (unpaired) electrons. The highest BCUT2D eigenvalue weighted by Gasteiger charge is 2.19. The first-order valence-corrected chi connectivity index (χ1v) is 6.46. The Labute approximate surface area is 117 Å². The molecule has 1 aliphatic rings. The number of anilines is 1. The van der Waals surface area contributed by atoms with Crippen LogP contribution in [0.3, 0.4) is 0 Å². The largest absolute Gasteiger partial charge is 0.459 e. The summed E-state index contributed by atoms with van der Waals surface area (Å²) in [7, 11) is 2.01. The van der Waals surface area contributed by atoms with E-state index in [0.717, 1.165) is 13.1 Å². The second-order valence-corrected chi connectivity index (χ2v) is 5.00. The lowest BCUT2D eigenvalue weighted by atomic mass is 10.2. The van der Waals surface area contributed by atoms with Crippen molar-refractivity contribution >= 4 is 23.3 Å². The van der Waals surface area contributed by atoms with Gasteiger partial charge in [0.2, 0.25) is 0 Å². The summed E-state index contributed by atoms with van der Waals surface area (Å²) in [6.07, 6.45) is -0.0765. The molecular formula is C13H17ClN2O3. The zero-order valence-corrected chi connectivity index (χ0v) is 11.5. The molecule has 104 valence electrons. The van der Waals surface area contributed by atoms with E-state index in [2.05, 4.69) is 4.90 Å². The Morgan fingerprint density at radius 2 is 2.42 bits per heavy atom. The Kier molecular flexibility index (Phi) is 4.63. The summed E-state index contributed by atoms with van der Waals surface area (Å²) >= 11 is 5.80. The summed E-state index contributed by atoms with van der Waals surface area (Å²) in [6.45, 7) is 2.56. The van der Waals surface area contributed by atoms with Crippen molar-refractivity contribution in [3.05, 3.63) is 28.8 Å². The fraction of sp³-hybridized carbons (Fsp3) is 0.462. The van der Waals surface area contributed by atoms with E-state index in [-0.39, 0.29) is 12.7 Å². The number of rotatable bonds is 3. The Morgan fingerprint density at radius 1 is 1.63 bits per heavy atom. The molecule has 1 saturated heterocycles. The van der Waals surface area contributed by atoms with Crippen LogP contribution in [-0.2, 0) is 9.47 Å². The molecule has 1 aromatic carbocycles.